The van der Waals surface area contributed by atoms with E-state index in [4.69, 9.17) is 11.6 Å². The molecule has 0 aromatic carbocycles. The summed E-state index contributed by atoms with van der Waals surface area (Å²) in [5.41, 5.74) is 3.67. The number of rotatable bonds is 5. The van der Waals surface area contributed by atoms with Crippen LogP contribution in [0.4, 0.5) is 17.5 Å². The number of hydrogen-bond donors (Lipinski definition) is 3. The second-order valence-electron chi connectivity index (χ2n) is 8.48. The van der Waals surface area contributed by atoms with E-state index in [1.807, 2.05) is 18.3 Å². The Bertz CT molecular complexity index is 1020. The fourth-order valence-electron chi connectivity index (χ4n) is 3.68. The van der Waals surface area contributed by atoms with Crippen molar-refractivity contribution in [2.45, 2.75) is 39.2 Å². The maximum absolute atomic E-state index is 6.30. The van der Waals surface area contributed by atoms with Crippen LogP contribution in [0, 0.1) is 0 Å². The number of H-pyrrole nitrogens is 1. The molecule has 0 amide bonds. The van der Waals surface area contributed by atoms with Gasteiger partial charge in [0.25, 0.3) is 0 Å². The van der Waals surface area contributed by atoms with E-state index < -0.39 is 0 Å². The smallest absolute Gasteiger partial charge is 0.228 e. The van der Waals surface area contributed by atoms with Crippen LogP contribution in [0.15, 0.2) is 30.6 Å². The minimum absolute atomic E-state index is 0. The molecule has 3 N–H and O–H groups in total. The van der Waals surface area contributed by atoms with Gasteiger partial charge >= 0.3 is 0 Å². The molecule has 0 bridgehead atoms. The van der Waals surface area contributed by atoms with Gasteiger partial charge in [0.05, 0.1) is 23.1 Å². The predicted molar refractivity (Wildman–Crippen MR) is 128 cm³/mol. The van der Waals surface area contributed by atoms with Gasteiger partial charge in [0.15, 0.2) is 5.15 Å². The Morgan fingerprint density at radius 3 is 2.68 bits per heavy atom. The summed E-state index contributed by atoms with van der Waals surface area (Å²) in [6, 6.07) is 5.85. The van der Waals surface area contributed by atoms with Crippen molar-refractivity contribution in [2.24, 2.45) is 0 Å². The lowest BCUT2D eigenvalue weighted by Gasteiger charge is -2.40. The van der Waals surface area contributed by atoms with E-state index in [1.165, 1.54) is 0 Å². The highest BCUT2D eigenvalue weighted by Gasteiger charge is 2.26. The molecule has 166 valence electrons. The molecular weight excluding hydrogens is 435 g/mol. The van der Waals surface area contributed by atoms with Crippen molar-refractivity contribution in [3.8, 4) is 11.3 Å². The first-order valence-corrected chi connectivity index (χ1v) is 10.5. The highest BCUT2D eigenvalue weighted by atomic mass is 35.5. The topological polar surface area (TPSA) is 94.7 Å². The molecule has 4 rings (SSSR count). The van der Waals surface area contributed by atoms with Gasteiger partial charge in [-0.25, -0.2) is 15.0 Å². The first kappa shape index (κ1) is 23.2. The zero-order chi connectivity index (χ0) is 21.3. The SMILES string of the molecule is CC(C)c1[nH]nc(Cl)c1-c1ccnc(Nc2ccc(N3CCNC(C)(C)C3)cn2)n1.Cl. The summed E-state index contributed by atoms with van der Waals surface area (Å²) >= 11 is 6.30. The molecule has 0 spiro atoms. The third-order valence-electron chi connectivity index (χ3n) is 5.16. The van der Waals surface area contributed by atoms with Crippen molar-refractivity contribution >= 4 is 41.5 Å². The fourth-order valence-corrected chi connectivity index (χ4v) is 3.92. The van der Waals surface area contributed by atoms with Gasteiger partial charge < -0.3 is 15.5 Å². The Labute approximate surface area is 193 Å². The van der Waals surface area contributed by atoms with E-state index in [-0.39, 0.29) is 23.9 Å². The number of hydrogen-bond acceptors (Lipinski definition) is 7. The van der Waals surface area contributed by atoms with E-state index in [9.17, 15) is 0 Å². The van der Waals surface area contributed by atoms with E-state index in [2.05, 4.69) is 74.4 Å². The number of nitrogens with one attached hydrogen (secondary N) is 3. The van der Waals surface area contributed by atoms with Crippen molar-refractivity contribution in [1.82, 2.24) is 30.5 Å². The van der Waals surface area contributed by atoms with Gasteiger partial charge in [-0.15, -0.1) is 12.4 Å². The predicted octanol–water partition coefficient (Wildman–Crippen LogP) is 4.39. The lowest BCUT2D eigenvalue weighted by molar-refractivity contribution is 0.353. The first-order chi connectivity index (χ1) is 14.3. The molecule has 0 unspecified atom stereocenters. The van der Waals surface area contributed by atoms with Gasteiger partial charge in [0, 0.05) is 37.1 Å². The molecule has 0 radical (unpaired) electrons. The standard InChI is InChI=1S/C21H27ClN8.ClH/c1-13(2)18-17(19(22)29-28-18)15-7-8-23-20(26-15)27-16-6-5-14(11-24-16)30-10-9-25-21(3,4)12-30;/h5-8,11,13,25H,9-10,12H2,1-4H3,(H,28,29)(H,23,24,26,27);1H. The van der Waals surface area contributed by atoms with Crippen LogP contribution in [0.1, 0.15) is 39.3 Å². The molecule has 8 nitrogen and oxygen atoms in total. The summed E-state index contributed by atoms with van der Waals surface area (Å²) in [5, 5.41) is 14.2. The number of aromatic amines is 1. The number of anilines is 3. The molecule has 1 aliphatic heterocycles. The first-order valence-electron chi connectivity index (χ1n) is 10.1. The fraction of sp³-hybridized carbons (Fsp3) is 0.429. The molecule has 31 heavy (non-hydrogen) atoms. The molecule has 0 atom stereocenters. The maximum atomic E-state index is 6.30. The molecule has 1 saturated heterocycles. The van der Waals surface area contributed by atoms with E-state index in [0.29, 0.717) is 16.9 Å². The van der Waals surface area contributed by atoms with Gasteiger partial charge in [-0.1, -0.05) is 25.4 Å². The van der Waals surface area contributed by atoms with E-state index in [0.717, 1.165) is 42.3 Å². The number of halogens is 2. The summed E-state index contributed by atoms with van der Waals surface area (Å²) in [7, 11) is 0. The summed E-state index contributed by atoms with van der Waals surface area (Å²) in [4.78, 5) is 15.8. The van der Waals surface area contributed by atoms with Crippen molar-refractivity contribution < 1.29 is 0 Å². The lowest BCUT2D eigenvalue weighted by Crippen LogP contribution is -2.57. The van der Waals surface area contributed by atoms with E-state index in [1.54, 1.807) is 6.20 Å². The molecule has 1 fully saturated rings. The summed E-state index contributed by atoms with van der Waals surface area (Å²) in [5.74, 6) is 1.39. The van der Waals surface area contributed by atoms with Crippen molar-refractivity contribution in [1.29, 1.82) is 0 Å². The van der Waals surface area contributed by atoms with Crippen LogP contribution in [0.3, 0.4) is 0 Å². The molecular formula is C21H28Cl2N8. The van der Waals surface area contributed by atoms with Crippen LogP contribution in [0.25, 0.3) is 11.3 Å². The zero-order valence-electron chi connectivity index (χ0n) is 18.1. The van der Waals surface area contributed by atoms with Crippen LogP contribution in [0.5, 0.6) is 0 Å². The Hall–Kier alpha value is -2.42. The summed E-state index contributed by atoms with van der Waals surface area (Å²) in [6.45, 7) is 11.5. The molecule has 0 aliphatic carbocycles. The van der Waals surface area contributed by atoms with Crippen LogP contribution in [-0.4, -0.2) is 50.3 Å². The molecule has 10 heteroatoms. The van der Waals surface area contributed by atoms with Gasteiger partial charge in [0.2, 0.25) is 5.95 Å². The zero-order valence-corrected chi connectivity index (χ0v) is 19.7. The molecule has 4 heterocycles. The second kappa shape index (κ2) is 9.38. The highest BCUT2D eigenvalue weighted by molar-refractivity contribution is 6.32. The van der Waals surface area contributed by atoms with Crippen molar-refractivity contribution in [2.75, 3.05) is 29.9 Å². The minimum Gasteiger partial charge on any atom is -0.367 e. The third kappa shape index (κ3) is 5.26. The quantitative estimate of drug-likeness (QED) is 0.517. The minimum atomic E-state index is 0. The summed E-state index contributed by atoms with van der Waals surface area (Å²) in [6.07, 6.45) is 3.59. The Morgan fingerprint density at radius 1 is 1.19 bits per heavy atom. The third-order valence-corrected chi connectivity index (χ3v) is 5.44. The molecule has 3 aromatic heterocycles. The van der Waals surface area contributed by atoms with Gasteiger partial charge in [-0.2, -0.15) is 5.10 Å². The maximum Gasteiger partial charge on any atom is 0.228 e. The Balaban J connectivity index is 0.00000272. The molecule has 1 aliphatic rings. The lowest BCUT2D eigenvalue weighted by atomic mass is 10.0. The number of nitrogens with zero attached hydrogens (tertiary/aromatic N) is 5. The average molecular weight is 463 g/mol. The Kier molecular flexibility index (Phi) is 7.03. The Morgan fingerprint density at radius 2 is 2.00 bits per heavy atom. The van der Waals surface area contributed by atoms with Crippen LogP contribution in [0.2, 0.25) is 5.15 Å². The number of piperazine rings is 1. The second-order valence-corrected chi connectivity index (χ2v) is 8.84. The van der Waals surface area contributed by atoms with Crippen molar-refractivity contribution in [3.05, 3.63) is 41.4 Å². The normalized spacial score (nSPS) is 15.6. The largest absolute Gasteiger partial charge is 0.367 e. The summed E-state index contributed by atoms with van der Waals surface area (Å²) < 4.78 is 0. The average Bonchev–Trinajstić information content (AvgIpc) is 3.10. The highest BCUT2D eigenvalue weighted by Crippen LogP contribution is 2.32. The van der Waals surface area contributed by atoms with Crippen LogP contribution < -0.4 is 15.5 Å². The monoisotopic (exact) mass is 462 g/mol. The number of aromatic nitrogens is 5. The van der Waals surface area contributed by atoms with Crippen molar-refractivity contribution in [3.63, 3.8) is 0 Å². The molecule has 3 aromatic rings. The van der Waals surface area contributed by atoms with Crippen LogP contribution >= 0.6 is 24.0 Å². The number of pyridine rings is 1. The molecule has 0 saturated carbocycles. The van der Waals surface area contributed by atoms with Crippen LogP contribution in [-0.2, 0) is 0 Å². The van der Waals surface area contributed by atoms with Gasteiger partial charge in [-0.05, 0) is 38.0 Å². The van der Waals surface area contributed by atoms with Gasteiger partial charge in [-0.3, -0.25) is 5.10 Å². The van der Waals surface area contributed by atoms with E-state index >= 15 is 0 Å². The van der Waals surface area contributed by atoms with Gasteiger partial charge in [0.1, 0.15) is 5.82 Å².